The minimum absolute atomic E-state index is 0.203. The summed E-state index contributed by atoms with van der Waals surface area (Å²) in [4.78, 5) is 4.50. The van der Waals surface area contributed by atoms with E-state index in [9.17, 15) is 5.11 Å². The predicted octanol–water partition coefficient (Wildman–Crippen LogP) is 2.54. The van der Waals surface area contributed by atoms with Gasteiger partial charge in [0.2, 0.25) is 0 Å². The van der Waals surface area contributed by atoms with Gasteiger partial charge in [-0.15, -0.1) is 0 Å². The zero-order chi connectivity index (χ0) is 12.5. The van der Waals surface area contributed by atoms with Crippen molar-refractivity contribution in [2.45, 2.75) is 31.9 Å². The van der Waals surface area contributed by atoms with Gasteiger partial charge < -0.3 is 9.67 Å². The van der Waals surface area contributed by atoms with Gasteiger partial charge in [0.1, 0.15) is 5.82 Å². The first kappa shape index (κ1) is 11.9. The Kier molecular flexibility index (Phi) is 3.22. The van der Waals surface area contributed by atoms with Crippen LogP contribution in [-0.2, 0) is 19.4 Å². The van der Waals surface area contributed by atoms with Crippen molar-refractivity contribution in [1.29, 1.82) is 0 Å². The quantitative estimate of drug-likeness (QED) is 0.926. The van der Waals surface area contributed by atoms with Crippen molar-refractivity contribution >= 4 is 15.9 Å². The summed E-state index contributed by atoms with van der Waals surface area (Å²) in [5.74, 6) is 1.09. The first-order chi connectivity index (χ1) is 8.74. The molecular formula is C14H15BrN2O. The summed E-state index contributed by atoms with van der Waals surface area (Å²) in [6.07, 6.45) is 4.08. The van der Waals surface area contributed by atoms with Crippen LogP contribution in [0.5, 0.6) is 0 Å². The number of hydrogen-bond donors (Lipinski definition) is 1. The predicted molar refractivity (Wildman–Crippen MR) is 73.5 cm³/mol. The summed E-state index contributed by atoms with van der Waals surface area (Å²) in [7, 11) is 0. The van der Waals surface area contributed by atoms with Crippen molar-refractivity contribution in [1.82, 2.24) is 9.55 Å². The van der Waals surface area contributed by atoms with Crippen LogP contribution < -0.4 is 0 Å². The van der Waals surface area contributed by atoms with Gasteiger partial charge in [0.15, 0.2) is 0 Å². The Labute approximate surface area is 115 Å². The molecule has 1 aliphatic rings. The highest BCUT2D eigenvalue weighted by atomic mass is 79.9. The standard InChI is InChI=1S/C14H15BrN2O/c15-13-4-2-1-3-10(13)7-14-16-9-11-8-12(18)5-6-17(11)14/h1-4,9,12,18H,5-8H2. The lowest BCUT2D eigenvalue weighted by Crippen LogP contribution is -2.23. The first-order valence-corrected chi connectivity index (χ1v) is 6.98. The van der Waals surface area contributed by atoms with E-state index in [0.29, 0.717) is 0 Å². The number of halogens is 1. The maximum Gasteiger partial charge on any atom is 0.113 e. The third kappa shape index (κ3) is 2.22. The Morgan fingerprint density at radius 3 is 3.06 bits per heavy atom. The molecule has 2 heterocycles. The molecule has 0 amide bonds. The second-order valence-corrected chi connectivity index (χ2v) is 5.59. The van der Waals surface area contributed by atoms with Crippen molar-refractivity contribution in [3.63, 3.8) is 0 Å². The molecule has 0 bridgehead atoms. The summed E-state index contributed by atoms with van der Waals surface area (Å²) in [5, 5.41) is 9.65. The molecule has 1 unspecified atom stereocenters. The summed E-state index contributed by atoms with van der Waals surface area (Å²) in [6.45, 7) is 0.871. The minimum atomic E-state index is -0.203. The third-order valence-corrected chi connectivity index (χ3v) is 4.23. The lowest BCUT2D eigenvalue weighted by atomic mass is 10.1. The van der Waals surface area contributed by atoms with Gasteiger partial charge in [-0.1, -0.05) is 34.1 Å². The van der Waals surface area contributed by atoms with Gasteiger partial charge in [-0.2, -0.15) is 0 Å². The Morgan fingerprint density at radius 2 is 2.22 bits per heavy atom. The van der Waals surface area contributed by atoms with E-state index in [0.717, 1.165) is 41.8 Å². The zero-order valence-corrected chi connectivity index (χ0v) is 11.6. The molecule has 0 spiro atoms. The number of rotatable bonds is 2. The zero-order valence-electron chi connectivity index (χ0n) is 10.0. The van der Waals surface area contributed by atoms with Gasteiger partial charge in [-0.3, -0.25) is 0 Å². The van der Waals surface area contributed by atoms with Crippen LogP contribution in [0.3, 0.4) is 0 Å². The molecular weight excluding hydrogens is 292 g/mol. The monoisotopic (exact) mass is 306 g/mol. The minimum Gasteiger partial charge on any atom is -0.393 e. The average Bonchev–Trinajstić information content (AvgIpc) is 2.74. The van der Waals surface area contributed by atoms with Gasteiger partial charge in [0.05, 0.1) is 6.10 Å². The highest BCUT2D eigenvalue weighted by Gasteiger charge is 2.19. The van der Waals surface area contributed by atoms with Crippen LogP contribution in [0.15, 0.2) is 34.9 Å². The Bertz CT molecular complexity index is 565. The number of fused-ring (bicyclic) bond motifs is 1. The molecule has 0 saturated carbocycles. The lowest BCUT2D eigenvalue weighted by molar-refractivity contribution is 0.143. The van der Waals surface area contributed by atoms with Gasteiger partial charge in [0.25, 0.3) is 0 Å². The number of aromatic nitrogens is 2. The van der Waals surface area contributed by atoms with E-state index in [-0.39, 0.29) is 6.10 Å². The van der Waals surface area contributed by atoms with Crippen LogP contribution >= 0.6 is 15.9 Å². The SMILES string of the molecule is OC1CCn2c(cnc2Cc2ccccc2Br)C1. The molecule has 3 rings (SSSR count). The Morgan fingerprint density at radius 1 is 1.39 bits per heavy atom. The fourth-order valence-electron chi connectivity index (χ4n) is 2.46. The molecule has 1 atom stereocenters. The lowest BCUT2D eigenvalue weighted by Gasteiger charge is -2.21. The molecule has 94 valence electrons. The topological polar surface area (TPSA) is 38.0 Å². The molecule has 1 aromatic heterocycles. The van der Waals surface area contributed by atoms with Crippen LogP contribution in [0, 0.1) is 0 Å². The maximum absolute atomic E-state index is 9.65. The Balaban J connectivity index is 1.88. The van der Waals surface area contributed by atoms with E-state index in [2.05, 4.69) is 37.6 Å². The average molecular weight is 307 g/mol. The molecule has 2 aromatic rings. The van der Waals surface area contributed by atoms with E-state index >= 15 is 0 Å². The fourth-order valence-corrected chi connectivity index (χ4v) is 2.89. The molecule has 1 aliphatic heterocycles. The van der Waals surface area contributed by atoms with E-state index in [1.165, 1.54) is 5.56 Å². The van der Waals surface area contributed by atoms with Gasteiger partial charge in [-0.25, -0.2) is 4.98 Å². The molecule has 18 heavy (non-hydrogen) atoms. The van der Waals surface area contributed by atoms with Gasteiger partial charge >= 0.3 is 0 Å². The summed E-state index contributed by atoms with van der Waals surface area (Å²) < 4.78 is 3.37. The molecule has 4 heteroatoms. The second kappa shape index (κ2) is 4.86. The molecule has 0 saturated heterocycles. The van der Waals surface area contributed by atoms with Crippen molar-refractivity contribution in [3.05, 3.63) is 52.0 Å². The number of aliphatic hydroxyl groups is 1. The van der Waals surface area contributed by atoms with Gasteiger partial charge in [-0.05, 0) is 18.1 Å². The largest absolute Gasteiger partial charge is 0.393 e. The first-order valence-electron chi connectivity index (χ1n) is 6.19. The highest BCUT2D eigenvalue weighted by Crippen LogP contribution is 2.22. The van der Waals surface area contributed by atoms with E-state index in [4.69, 9.17) is 0 Å². The maximum atomic E-state index is 9.65. The molecule has 3 nitrogen and oxygen atoms in total. The van der Waals surface area contributed by atoms with Crippen LogP contribution in [0.4, 0.5) is 0 Å². The molecule has 0 fully saturated rings. The number of nitrogens with zero attached hydrogens (tertiary/aromatic N) is 2. The molecule has 1 aromatic carbocycles. The number of hydrogen-bond acceptors (Lipinski definition) is 2. The number of imidazole rings is 1. The van der Waals surface area contributed by atoms with Gasteiger partial charge in [0, 0.05) is 35.7 Å². The number of benzene rings is 1. The van der Waals surface area contributed by atoms with Crippen LogP contribution in [-0.4, -0.2) is 20.8 Å². The van der Waals surface area contributed by atoms with E-state index < -0.39 is 0 Å². The Hall–Kier alpha value is -1.13. The van der Waals surface area contributed by atoms with Crippen molar-refractivity contribution in [3.8, 4) is 0 Å². The van der Waals surface area contributed by atoms with Crippen molar-refractivity contribution in [2.24, 2.45) is 0 Å². The van der Waals surface area contributed by atoms with Crippen LogP contribution in [0.2, 0.25) is 0 Å². The fraction of sp³-hybridized carbons (Fsp3) is 0.357. The van der Waals surface area contributed by atoms with Crippen LogP contribution in [0.1, 0.15) is 23.5 Å². The third-order valence-electron chi connectivity index (χ3n) is 3.46. The second-order valence-electron chi connectivity index (χ2n) is 4.73. The van der Waals surface area contributed by atoms with E-state index in [1.54, 1.807) is 0 Å². The normalized spacial score (nSPS) is 18.7. The number of aliphatic hydroxyl groups excluding tert-OH is 1. The smallest absolute Gasteiger partial charge is 0.113 e. The highest BCUT2D eigenvalue weighted by molar-refractivity contribution is 9.10. The summed E-state index contributed by atoms with van der Waals surface area (Å²) >= 11 is 3.57. The molecule has 1 N–H and O–H groups in total. The van der Waals surface area contributed by atoms with Crippen molar-refractivity contribution in [2.75, 3.05) is 0 Å². The molecule has 0 aliphatic carbocycles. The summed E-state index contributed by atoms with van der Waals surface area (Å²) in [5.41, 5.74) is 2.40. The van der Waals surface area contributed by atoms with E-state index in [1.807, 2.05) is 18.3 Å². The molecule has 0 radical (unpaired) electrons. The van der Waals surface area contributed by atoms with Crippen LogP contribution in [0.25, 0.3) is 0 Å². The summed E-state index contributed by atoms with van der Waals surface area (Å²) in [6, 6.07) is 8.23. The van der Waals surface area contributed by atoms with Crippen molar-refractivity contribution < 1.29 is 5.11 Å².